The molecule has 0 amide bonds. The molecule has 0 bridgehead atoms. The third-order valence-corrected chi connectivity index (χ3v) is 4.79. The molecule has 0 saturated carbocycles. The highest BCUT2D eigenvalue weighted by atomic mass is 35.5. The number of rotatable bonds is 2. The number of aromatic nitrogens is 2. The van der Waals surface area contributed by atoms with E-state index in [1.54, 1.807) is 11.8 Å². The summed E-state index contributed by atoms with van der Waals surface area (Å²) in [6.45, 7) is 0. The molecule has 1 aromatic heterocycles. The molecule has 1 heterocycles. The minimum atomic E-state index is 0.530. The lowest BCUT2D eigenvalue weighted by Crippen LogP contribution is -1.93. The van der Waals surface area contributed by atoms with Crippen molar-refractivity contribution in [1.29, 1.82) is 0 Å². The number of thioether (sulfide) groups is 1. The molecule has 0 atom stereocenters. The summed E-state index contributed by atoms with van der Waals surface area (Å²) in [7, 11) is 1.99. The second-order valence-electron chi connectivity index (χ2n) is 4.45. The van der Waals surface area contributed by atoms with Crippen LogP contribution >= 0.6 is 35.0 Å². The smallest absolute Gasteiger partial charge is 0.141 e. The maximum absolute atomic E-state index is 6.10. The largest absolute Gasteiger partial charge is 0.327 e. The molecule has 0 fully saturated rings. The Kier molecular flexibility index (Phi) is 3.67. The fourth-order valence-corrected chi connectivity index (χ4v) is 3.17. The molecule has 0 unspecified atom stereocenters. The van der Waals surface area contributed by atoms with Gasteiger partial charge in [0.05, 0.1) is 21.1 Å². The van der Waals surface area contributed by atoms with E-state index in [-0.39, 0.29) is 0 Å². The highest BCUT2D eigenvalue weighted by Gasteiger charge is 2.14. The third-order valence-electron chi connectivity index (χ3n) is 3.27. The lowest BCUT2D eigenvalue weighted by molar-refractivity contribution is 0.955. The summed E-state index contributed by atoms with van der Waals surface area (Å²) < 4.78 is 2.05. The van der Waals surface area contributed by atoms with Crippen molar-refractivity contribution >= 4 is 46.0 Å². The van der Waals surface area contributed by atoms with Crippen molar-refractivity contribution in [3.05, 3.63) is 46.4 Å². The number of halogens is 2. The van der Waals surface area contributed by atoms with E-state index in [0.717, 1.165) is 22.4 Å². The molecular weight excluding hydrogens is 311 g/mol. The van der Waals surface area contributed by atoms with Gasteiger partial charge < -0.3 is 4.57 Å². The van der Waals surface area contributed by atoms with Crippen molar-refractivity contribution in [3.63, 3.8) is 0 Å². The second-order valence-corrected chi connectivity index (χ2v) is 6.11. The van der Waals surface area contributed by atoms with Gasteiger partial charge >= 0.3 is 0 Å². The van der Waals surface area contributed by atoms with Gasteiger partial charge in [0.25, 0.3) is 0 Å². The number of hydrogen-bond donors (Lipinski definition) is 0. The zero-order chi connectivity index (χ0) is 14.3. The summed E-state index contributed by atoms with van der Waals surface area (Å²) >= 11 is 13.9. The topological polar surface area (TPSA) is 17.8 Å². The van der Waals surface area contributed by atoms with Crippen molar-refractivity contribution in [3.8, 4) is 11.4 Å². The van der Waals surface area contributed by atoms with E-state index in [4.69, 9.17) is 28.2 Å². The fourth-order valence-electron chi connectivity index (χ4n) is 2.26. The minimum Gasteiger partial charge on any atom is -0.327 e. The van der Waals surface area contributed by atoms with Crippen LogP contribution in [0.5, 0.6) is 0 Å². The van der Waals surface area contributed by atoms with Gasteiger partial charge in [-0.15, -0.1) is 11.8 Å². The van der Waals surface area contributed by atoms with Gasteiger partial charge in [0, 0.05) is 17.5 Å². The number of aryl methyl sites for hydroxylation is 1. The zero-order valence-electron chi connectivity index (χ0n) is 11.0. The van der Waals surface area contributed by atoms with E-state index in [1.165, 1.54) is 4.90 Å². The Morgan fingerprint density at radius 3 is 2.55 bits per heavy atom. The van der Waals surface area contributed by atoms with Gasteiger partial charge in [-0.1, -0.05) is 41.4 Å². The third kappa shape index (κ3) is 2.20. The standard InChI is InChI=1S/C15H12Cl2N2S/c1-19-13-8-11(17)10(16)7-12(13)18-15(19)9-5-3-4-6-14(9)20-2/h3-8H,1-2H3. The van der Waals surface area contributed by atoms with Crippen LogP contribution in [0.1, 0.15) is 0 Å². The molecule has 0 N–H and O–H groups in total. The summed E-state index contributed by atoms with van der Waals surface area (Å²) in [4.78, 5) is 5.90. The maximum Gasteiger partial charge on any atom is 0.141 e. The Morgan fingerprint density at radius 2 is 1.80 bits per heavy atom. The molecule has 0 radical (unpaired) electrons. The zero-order valence-corrected chi connectivity index (χ0v) is 13.4. The van der Waals surface area contributed by atoms with E-state index in [1.807, 2.05) is 35.9 Å². The fraction of sp³-hybridized carbons (Fsp3) is 0.133. The van der Waals surface area contributed by atoms with Gasteiger partial charge in [-0.25, -0.2) is 4.98 Å². The van der Waals surface area contributed by atoms with Crippen LogP contribution in [0.15, 0.2) is 41.3 Å². The Balaban J connectivity index is 2.29. The van der Waals surface area contributed by atoms with Gasteiger partial charge in [0.1, 0.15) is 5.82 Å². The highest BCUT2D eigenvalue weighted by molar-refractivity contribution is 7.98. The van der Waals surface area contributed by atoms with Crippen LogP contribution in [-0.2, 0) is 7.05 Å². The quantitative estimate of drug-likeness (QED) is 0.598. The molecule has 0 spiro atoms. The summed E-state index contributed by atoms with van der Waals surface area (Å²) in [6, 6.07) is 11.9. The molecule has 0 aliphatic carbocycles. The van der Waals surface area contributed by atoms with E-state index >= 15 is 0 Å². The van der Waals surface area contributed by atoms with E-state index < -0.39 is 0 Å². The number of nitrogens with zero attached hydrogens (tertiary/aromatic N) is 2. The first-order valence-electron chi connectivity index (χ1n) is 6.06. The molecular formula is C15H12Cl2N2S. The SMILES string of the molecule is CSc1ccccc1-c1nc2cc(Cl)c(Cl)cc2n1C. The van der Waals surface area contributed by atoms with Crippen LogP contribution in [0.25, 0.3) is 22.4 Å². The minimum absolute atomic E-state index is 0.530. The molecule has 0 saturated heterocycles. The average molecular weight is 323 g/mol. The maximum atomic E-state index is 6.10. The lowest BCUT2D eigenvalue weighted by Gasteiger charge is -2.07. The molecule has 3 rings (SSSR count). The Bertz CT molecular complexity index is 796. The molecule has 5 heteroatoms. The summed E-state index contributed by atoms with van der Waals surface area (Å²) in [5, 5.41) is 1.08. The summed E-state index contributed by atoms with van der Waals surface area (Å²) in [5.41, 5.74) is 2.95. The van der Waals surface area contributed by atoms with Gasteiger partial charge in [-0.05, 0) is 24.5 Å². The van der Waals surface area contributed by atoms with Crippen LogP contribution in [0.2, 0.25) is 10.0 Å². The van der Waals surface area contributed by atoms with Gasteiger partial charge in [0.2, 0.25) is 0 Å². The van der Waals surface area contributed by atoms with Gasteiger partial charge in [-0.2, -0.15) is 0 Å². The monoisotopic (exact) mass is 322 g/mol. The van der Waals surface area contributed by atoms with Crippen LogP contribution in [0.3, 0.4) is 0 Å². The summed E-state index contributed by atoms with van der Waals surface area (Å²) in [6.07, 6.45) is 2.06. The number of benzene rings is 2. The van der Waals surface area contributed by atoms with E-state index in [2.05, 4.69) is 18.4 Å². The average Bonchev–Trinajstić information content (AvgIpc) is 2.76. The number of fused-ring (bicyclic) bond motifs is 1. The number of hydrogen-bond acceptors (Lipinski definition) is 2. The molecule has 3 aromatic rings. The molecule has 20 heavy (non-hydrogen) atoms. The van der Waals surface area contributed by atoms with E-state index in [9.17, 15) is 0 Å². The molecule has 0 aliphatic heterocycles. The van der Waals surface area contributed by atoms with Crippen molar-refractivity contribution < 1.29 is 0 Å². The first-order valence-corrected chi connectivity index (χ1v) is 8.04. The predicted octanol–water partition coefficient (Wildman–Crippen LogP) is 5.27. The predicted molar refractivity (Wildman–Crippen MR) is 88.0 cm³/mol. The van der Waals surface area contributed by atoms with Crippen LogP contribution in [0.4, 0.5) is 0 Å². The van der Waals surface area contributed by atoms with Gasteiger partial charge in [-0.3, -0.25) is 0 Å². The van der Waals surface area contributed by atoms with Crippen LogP contribution < -0.4 is 0 Å². The Labute approximate surface area is 131 Å². The van der Waals surface area contributed by atoms with Crippen LogP contribution in [-0.4, -0.2) is 15.8 Å². The molecule has 0 aliphatic rings. The summed E-state index contributed by atoms with van der Waals surface area (Å²) in [5.74, 6) is 0.920. The van der Waals surface area contributed by atoms with E-state index in [0.29, 0.717) is 10.0 Å². The van der Waals surface area contributed by atoms with Crippen molar-refractivity contribution in [2.75, 3.05) is 6.26 Å². The van der Waals surface area contributed by atoms with Crippen molar-refractivity contribution in [2.45, 2.75) is 4.90 Å². The normalized spacial score (nSPS) is 11.2. The molecule has 2 aromatic carbocycles. The Hall–Kier alpha value is -1.16. The second kappa shape index (κ2) is 5.32. The first kappa shape index (κ1) is 13.8. The molecule has 2 nitrogen and oxygen atoms in total. The van der Waals surface area contributed by atoms with Crippen molar-refractivity contribution in [1.82, 2.24) is 9.55 Å². The Morgan fingerprint density at radius 1 is 1.10 bits per heavy atom. The van der Waals surface area contributed by atoms with Gasteiger partial charge in [0.15, 0.2) is 0 Å². The van der Waals surface area contributed by atoms with Crippen LogP contribution in [0, 0.1) is 0 Å². The number of imidazole rings is 1. The lowest BCUT2D eigenvalue weighted by atomic mass is 10.2. The molecule has 102 valence electrons. The highest BCUT2D eigenvalue weighted by Crippen LogP contribution is 2.33. The van der Waals surface area contributed by atoms with Crippen molar-refractivity contribution in [2.24, 2.45) is 7.05 Å². The first-order chi connectivity index (χ1) is 9.61.